The Hall–Kier alpha value is -1.92. The molecule has 1 aromatic carbocycles. The van der Waals surface area contributed by atoms with Gasteiger partial charge in [-0.1, -0.05) is 6.58 Å². The van der Waals surface area contributed by atoms with E-state index in [9.17, 15) is 26.7 Å². The van der Waals surface area contributed by atoms with E-state index >= 15 is 0 Å². The van der Waals surface area contributed by atoms with Crippen molar-refractivity contribution in [1.29, 1.82) is 0 Å². The summed E-state index contributed by atoms with van der Waals surface area (Å²) in [5.41, 5.74) is 0. The Bertz CT molecular complexity index is 443. The topological polar surface area (TPSA) is 26.3 Å². The van der Waals surface area contributed by atoms with Gasteiger partial charge in [0.25, 0.3) is 0 Å². The van der Waals surface area contributed by atoms with Crippen molar-refractivity contribution in [3.8, 4) is 5.75 Å². The summed E-state index contributed by atoms with van der Waals surface area (Å²) in [6, 6.07) is -0.0771. The monoisotopic (exact) mass is 238 g/mol. The normalized spacial score (nSPS) is 10.1. The predicted molar refractivity (Wildman–Crippen MR) is 42.2 cm³/mol. The molecule has 1 rings (SSSR count). The van der Waals surface area contributed by atoms with Gasteiger partial charge in [-0.15, -0.1) is 0 Å². The molecule has 16 heavy (non-hydrogen) atoms. The molecule has 0 radical (unpaired) electrons. The summed E-state index contributed by atoms with van der Waals surface area (Å²) in [4.78, 5) is 10.6. The number of hydrogen-bond acceptors (Lipinski definition) is 2. The average Bonchev–Trinajstić information content (AvgIpc) is 2.21. The van der Waals surface area contributed by atoms with E-state index in [2.05, 4.69) is 11.3 Å². The zero-order valence-electron chi connectivity index (χ0n) is 7.49. The molecule has 0 aromatic heterocycles. The molecule has 1 aromatic rings. The Morgan fingerprint density at radius 1 is 1.12 bits per heavy atom. The molecule has 0 saturated carbocycles. The number of benzene rings is 1. The second kappa shape index (κ2) is 4.30. The van der Waals surface area contributed by atoms with Crippen LogP contribution in [0.15, 0.2) is 18.5 Å². The van der Waals surface area contributed by atoms with E-state index in [0.717, 1.165) is 0 Å². The molecule has 0 aliphatic heterocycles. The molecule has 0 atom stereocenters. The number of carbonyl (C=O) groups is 1. The van der Waals surface area contributed by atoms with Crippen molar-refractivity contribution in [3.63, 3.8) is 0 Å². The standard InChI is InChI=1S/C9H3F5O2/c1-3(10)9(15)16-8-6(13)4(11)2-5(12)7(8)14/h2H,1H2. The lowest BCUT2D eigenvalue weighted by Crippen LogP contribution is -2.11. The van der Waals surface area contributed by atoms with E-state index in [-0.39, 0.29) is 6.07 Å². The van der Waals surface area contributed by atoms with Gasteiger partial charge in [0.1, 0.15) is 0 Å². The van der Waals surface area contributed by atoms with Gasteiger partial charge in [0.05, 0.1) is 0 Å². The summed E-state index contributed by atoms with van der Waals surface area (Å²) < 4.78 is 66.8. The quantitative estimate of drug-likeness (QED) is 0.260. The second-order valence-electron chi connectivity index (χ2n) is 2.59. The molecule has 0 amide bonds. The van der Waals surface area contributed by atoms with E-state index in [1.165, 1.54) is 0 Å². The van der Waals surface area contributed by atoms with E-state index in [1.807, 2.05) is 0 Å². The average molecular weight is 238 g/mol. The van der Waals surface area contributed by atoms with Crippen molar-refractivity contribution in [2.75, 3.05) is 0 Å². The zero-order chi connectivity index (χ0) is 12.5. The van der Waals surface area contributed by atoms with Gasteiger partial charge in [-0.25, -0.2) is 13.6 Å². The molecule has 86 valence electrons. The maximum Gasteiger partial charge on any atom is 0.372 e. The van der Waals surface area contributed by atoms with Crippen LogP contribution in [0.3, 0.4) is 0 Å². The van der Waals surface area contributed by atoms with Crippen molar-refractivity contribution in [2.45, 2.75) is 0 Å². The minimum atomic E-state index is -1.94. The highest BCUT2D eigenvalue weighted by molar-refractivity contribution is 5.87. The first-order valence-corrected chi connectivity index (χ1v) is 3.74. The third-order valence-electron chi connectivity index (χ3n) is 1.49. The van der Waals surface area contributed by atoms with Crippen molar-refractivity contribution in [2.24, 2.45) is 0 Å². The first-order chi connectivity index (χ1) is 7.34. The van der Waals surface area contributed by atoms with Crippen LogP contribution >= 0.6 is 0 Å². The number of carbonyl (C=O) groups excluding carboxylic acids is 1. The van der Waals surface area contributed by atoms with Gasteiger partial charge in [-0.3, -0.25) is 0 Å². The van der Waals surface area contributed by atoms with E-state index in [0.29, 0.717) is 0 Å². The van der Waals surface area contributed by atoms with Gasteiger partial charge in [0, 0.05) is 6.07 Å². The molecule has 0 aliphatic carbocycles. The molecule has 0 bridgehead atoms. The third kappa shape index (κ3) is 2.18. The molecule has 0 heterocycles. The van der Waals surface area contributed by atoms with Gasteiger partial charge in [0.15, 0.2) is 11.6 Å². The summed E-state index contributed by atoms with van der Waals surface area (Å²) in [5, 5.41) is 0. The first kappa shape index (κ1) is 12.2. The van der Waals surface area contributed by atoms with Gasteiger partial charge in [0.2, 0.25) is 23.2 Å². The highest BCUT2D eigenvalue weighted by atomic mass is 19.2. The lowest BCUT2D eigenvalue weighted by atomic mass is 10.3. The maximum atomic E-state index is 12.9. The summed E-state index contributed by atoms with van der Waals surface area (Å²) in [6.45, 7) is 2.48. The Balaban J connectivity index is 3.22. The van der Waals surface area contributed by atoms with Crippen LogP contribution < -0.4 is 4.74 Å². The fraction of sp³-hybridized carbons (Fsp3) is 0. The Kier molecular flexibility index (Phi) is 3.26. The molecule has 0 fully saturated rings. The molecule has 0 spiro atoms. The molecule has 7 heteroatoms. The van der Waals surface area contributed by atoms with E-state index in [4.69, 9.17) is 0 Å². The number of ether oxygens (including phenoxy) is 1. The Morgan fingerprint density at radius 2 is 1.56 bits per heavy atom. The van der Waals surface area contributed by atoms with Crippen LogP contribution in [0, 0.1) is 23.3 Å². The van der Waals surface area contributed by atoms with Gasteiger partial charge < -0.3 is 4.74 Å². The van der Waals surface area contributed by atoms with Crippen LogP contribution in [-0.4, -0.2) is 5.97 Å². The molecule has 0 N–H and O–H groups in total. The fourth-order valence-corrected chi connectivity index (χ4v) is 0.789. The van der Waals surface area contributed by atoms with Crippen LogP contribution in [0.5, 0.6) is 5.75 Å². The predicted octanol–water partition coefficient (Wildman–Crippen LogP) is 2.63. The lowest BCUT2D eigenvalue weighted by Gasteiger charge is -2.06. The van der Waals surface area contributed by atoms with Gasteiger partial charge >= 0.3 is 5.97 Å². The van der Waals surface area contributed by atoms with Crippen LogP contribution in [0.4, 0.5) is 22.0 Å². The highest BCUT2D eigenvalue weighted by Gasteiger charge is 2.23. The molecule has 0 saturated heterocycles. The zero-order valence-corrected chi connectivity index (χ0v) is 7.49. The second-order valence-corrected chi connectivity index (χ2v) is 2.59. The number of hydrogen-bond donors (Lipinski definition) is 0. The maximum absolute atomic E-state index is 12.9. The smallest absolute Gasteiger partial charge is 0.372 e. The third-order valence-corrected chi connectivity index (χ3v) is 1.49. The van der Waals surface area contributed by atoms with E-state index < -0.39 is 40.8 Å². The molecular weight excluding hydrogens is 235 g/mol. The summed E-state index contributed by atoms with van der Waals surface area (Å²) in [5.74, 6) is -12.6. The van der Waals surface area contributed by atoms with Crippen molar-refractivity contribution in [3.05, 3.63) is 41.7 Å². The lowest BCUT2D eigenvalue weighted by molar-refractivity contribution is -0.132. The molecule has 2 nitrogen and oxygen atoms in total. The molecule has 0 unspecified atom stereocenters. The number of halogens is 5. The van der Waals surface area contributed by atoms with Crippen molar-refractivity contribution in [1.82, 2.24) is 0 Å². The van der Waals surface area contributed by atoms with Gasteiger partial charge in [-0.2, -0.15) is 13.2 Å². The summed E-state index contributed by atoms with van der Waals surface area (Å²) in [7, 11) is 0. The number of esters is 1. The fourth-order valence-electron chi connectivity index (χ4n) is 0.789. The number of rotatable bonds is 2. The van der Waals surface area contributed by atoms with Crippen LogP contribution in [0.1, 0.15) is 0 Å². The minimum absolute atomic E-state index is 0.0771. The largest absolute Gasteiger partial charge is 0.415 e. The molecule has 0 aliphatic rings. The van der Waals surface area contributed by atoms with Gasteiger partial charge in [-0.05, 0) is 0 Å². The highest BCUT2D eigenvalue weighted by Crippen LogP contribution is 2.26. The van der Waals surface area contributed by atoms with E-state index in [1.54, 1.807) is 0 Å². The van der Waals surface area contributed by atoms with Crippen molar-refractivity contribution < 1.29 is 31.5 Å². The Morgan fingerprint density at radius 3 is 1.94 bits per heavy atom. The minimum Gasteiger partial charge on any atom is -0.415 e. The molecular formula is C9H3F5O2. The summed E-state index contributed by atoms with van der Waals surface area (Å²) >= 11 is 0. The Labute approximate surface area is 85.9 Å². The SMILES string of the molecule is C=C(F)C(=O)Oc1c(F)c(F)cc(F)c1F. The van der Waals surface area contributed by atoms with Crippen LogP contribution in [0.2, 0.25) is 0 Å². The first-order valence-electron chi connectivity index (χ1n) is 3.74. The van der Waals surface area contributed by atoms with Crippen LogP contribution in [0.25, 0.3) is 0 Å². The van der Waals surface area contributed by atoms with Crippen molar-refractivity contribution >= 4 is 5.97 Å². The summed E-state index contributed by atoms with van der Waals surface area (Å²) in [6.07, 6.45) is 0. The van der Waals surface area contributed by atoms with Crippen LogP contribution in [-0.2, 0) is 4.79 Å².